The lowest BCUT2D eigenvalue weighted by atomic mass is 10.1. The highest BCUT2D eigenvalue weighted by molar-refractivity contribution is 9.10. The van der Waals surface area contributed by atoms with Gasteiger partial charge in [0.15, 0.2) is 0 Å². The first kappa shape index (κ1) is 13.1. The number of nitrogen functional groups attached to an aromatic ring is 1. The first-order chi connectivity index (χ1) is 9.50. The standard InChI is InChI=1S/C14H8BrClN2O2/c15-9-6-7(4-5-10(9)16)18-13(19)8-2-1-3-11(17)12(8)14(18)20/h1-6H,17H2. The number of amides is 2. The maximum atomic E-state index is 12.4. The third kappa shape index (κ3) is 1.82. The number of rotatable bonds is 1. The van der Waals surface area contributed by atoms with Crippen LogP contribution in [0.5, 0.6) is 0 Å². The SMILES string of the molecule is Nc1cccc2c1C(=O)N(c1ccc(Cl)c(Br)c1)C2=O. The zero-order valence-corrected chi connectivity index (χ0v) is 12.4. The van der Waals surface area contributed by atoms with Gasteiger partial charge < -0.3 is 5.73 Å². The van der Waals surface area contributed by atoms with Crippen LogP contribution in [0.15, 0.2) is 40.9 Å². The molecule has 0 bridgehead atoms. The second-order valence-electron chi connectivity index (χ2n) is 4.31. The van der Waals surface area contributed by atoms with Crippen molar-refractivity contribution in [2.75, 3.05) is 10.6 Å². The van der Waals surface area contributed by atoms with Gasteiger partial charge in [-0.1, -0.05) is 17.7 Å². The Bertz CT molecular complexity index is 761. The molecule has 0 fully saturated rings. The molecule has 1 aliphatic rings. The van der Waals surface area contributed by atoms with E-state index in [1.807, 2.05) is 0 Å². The summed E-state index contributed by atoms with van der Waals surface area (Å²) in [5.74, 6) is -0.802. The van der Waals surface area contributed by atoms with Crippen molar-refractivity contribution in [3.63, 3.8) is 0 Å². The molecule has 0 aliphatic carbocycles. The normalized spacial score (nSPS) is 13.8. The van der Waals surface area contributed by atoms with E-state index in [-0.39, 0.29) is 11.5 Å². The van der Waals surface area contributed by atoms with Gasteiger partial charge in [-0.25, -0.2) is 4.90 Å². The summed E-state index contributed by atoms with van der Waals surface area (Å²) in [5.41, 5.74) is 7.12. The first-order valence-corrected chi connectivity index (χ1v) is 6.90. The number of carbonyl (C=O) groups is 2. The highest BCUT2D eigenvalue weighted by atomic mass is 79.9. The van der Waals surface area contributed by atoms with Crippen molar-refractivity contribution >= 4 is 50.7 Å². The van der Waals surface area contributed by atoms with Crippen LogP contribution in [0.1, 0.15) is 20.7 Å². The topological polar surface area (TPSA) is 63.4 Å². The minimum absolute atomic E-state index is 0.253. The number of nitrogens with zero attached hydrogens (tertiary/aromatic N) is 1. The molecule has 2 amide bonds. The number of anilines is 2. The molecule has 0 spiro atoms. The molecule has 0 saturated heterocycles. The van der Waals surface area contributed by atoms with Gasteiger partial charge >= 0.3 is 0 Å². The summed E-state index contributed by atoms with van der Waals surface area (Å²) in [4.78, 5) is 25.9. The molecule has 0 atom stereocenters. The van der Waals surface area contributed by atoms with Gasteiger partial charge in [0.25, 0.3) is 11.8 Å². The lowest BCUT2D eigenvalue weighted by Gasteiger charge is -2.14. The maximum Gasteiger partial charge on any atom is 0.268 e. The quantitative estimate of drug-likeness (QED) is 0.632. The molecular weight excluding hydrogens is 344 g/mol. The van der Waals surface area contributed by atoms with Crippen molar-refractivity contribution in [1.29, 1.82) is 0 Å². The van der Waals surface area contributed by atoms with E-state index < -0.39 is 5.91 Å². The second-order valence-corrected chi connectivity index (χ2v) is 5.58. The lowest BCUT2D eigenvalue weighted by Crippen LogP contribution is -2.29. The predicted octanol–water partition coefficient (Wildman–Crippen LogP) is 3.49. The molecule has 20 heavy (non-hydrogen) atoms. The Morgan fingerprint density at radius 1 is 1.10 bits per heavy atom. The van der Waals surface area contributed by atoms with Crippen LogP contribution >= 0.6 is 27.5 Å². The fourth-order valence-electron chi connectivity index (χ4n) is 2.17. The van der Waals surface area contributed by atoms with Crippen LogP contribution in [0.4, 0.5) is 11.4 Å². The van der Waals surface area contributed by atoms with Gasteiger partial charge in [-0.15, -0.1) is 0 Å². The van der Waals surface area contributed by atoms with E-state index in [1.165, 1.54) is 0 Å². The van der Waals surface area contributed by atoms with Crippen molar-refractivity contribution < 1.29 is 9.59 Å². The third-order valence-corrected chi connectivity index (χ3v) is 4.32. The summed E-state index contributed by atoms with van der Waals surface area (Å²) >= 11 is 9.20. The van der Waals surface area contributed by atoms with Gasteiger partial charge in [0.2, 0.25) is 0 Å². The number of benzene rings is 2. The number of nitrogens with two attached hydrogens (primary N) is 1. The Kier molecular flexibility index (Phi) is 3.03. The van der Waals surface area contributed by atoms with E-state index in [0.29, 0.717) is 26.4 Å². The predicted molar refractivity (Wildman–Crippen MR) is 81.1 cm³/mol. The fourth-order valence-corrected chi connectivity index (χ4v) is 2.65. The van der Waals surface area contributed by atoms with Crippen molar-refractivity contribution in [2.24, 2.45) is 0 Å². The molecule has 6 heteroatoms. The number of hydrogen-bond donors (Lipinski definition) is 1. The minimum Gasteiger partial charge on any atom is -0.398 e. The van der Waals surface area contributed by atoms with Gasteiger partial charge in [0.05, 0.1) is 21.8 Å². The van der Waals surface area contributed by atoms with E-state index in [9.17, 15) is 9.59 Å². The highest BCUT2D eigenvalue weighted by Gasteiger charge is 2.38. The molecule has 100 valence electrons. The molecular formula is C14H8BrClN2O2. The Morgan fingerprint density at radius 3 is 2.50 bits per heavy atom. The molecule has 2 aromatic rings. The van der Waals surface area contributed by atoms with E-state index in [2.05, 4.69) is 15.9 Å². The van der Waals surface area contributed by atoms with Gasteiger partial charge in [0.1, 0.15) is 0 Å². The zero-order chi connectivity index (χ0) is 14.4. The summed E-state index contributed by atoms with van der Waals surface area (Å²) in [7, 11) is 0. The fraction of sp³-hybridized carbons (Fsp3) is 0. The van der Waals surface area contributed by atoms with Crippen LogP contribution in [0.25, 0.3) is 0 Å². The Hall–Kier alpha value is -1.85. The van der Waals surface area contributed by atoms with E-state index in [4.69, 9.17) is 17.3 Å². The second kappa shape index (κ2) is 4.61. The zero-order valence-electron chi connectivity index (χ0n) is 10.1. The van der Waals surface area contributed by atoms with Crippen molar-refractivity contribution in [3.05, 3.63) is 57.0 Å². The molecule has 0 aromatic heterocycles. The third-order valence-electron chi connectivity index (χ3n) is 3.11. The van der Waals surface area contributed by atoms with Gasteiger partial charge in [0, 0.05) is 10.2 Å². The van der Waals surface area contributed by atoms with E-state index >= 15 is 0 Å². The van der Waals surface area contributed by atoms with Crippen LogP contribution in [0.2, 0.25) is 5.02 Å². The van der Waals surface area contributed by atoms with Crippen LogP contribution in [-0.2, 0) is 0 Å². The number of carbonyl (C=O) groups excluding carboxylic acids is 2. The summed E-state index contributed by atoms with van der Waals surface area (Å²) in [5, 5.41) is 0.505. The molecule has 3 rings (SSSR count). The summed E-state index contributed by atoms with van der Waals surface area (Å²) in [6, 6.07) is 9.71. The smallest absolute Gasteiger partial charge is 0.268 e. The summed E-state index contributed by atoms with van der Waals surface area (Å²) in [6.07, 6.45) is 0. The largest absolute Gasteiger partial charge is 0.398 e. The lowest BCUT2D eigenvalue weighted by molar-refractivity contribution is 0.0926. The molecule has 0 radical (unpaired) electrons. The van der Waals surface area contributed by atoms with Crippen molar-refractivity contribution in [3.8, 4) is 0 Å². The minimum atomic E-state index is -0.419. The summed E-state index contributed by atoms with van der Waals surface area (Å²) < 4.78 is 0.612. The molecule has 2 N–H and O–H groups in total. The number of fused-ring (bicyclic) bond motifs is 1. The first-order valence-electron chi connectivity index (χ1n) is 5.73. The number of halogens is 2. The van der Waals surface area contributed by atoms with Crippen molar-refractivity contribution in [2.45, 2.75) is 0 Å². The van der Waals surface area contributed by atoms with E-state index in [1.54, 1.807) is 36.4 Å². The number of hydrogen-bond acceptors (Lipinski definition) is 3. The Balaban J connectivity index is 2.14. The van der Waals surface area contributed by atoms with Gasteiger partial charge in [-0.05, 0) is 46.3 Å². The van der Waals surface area contributed by atoms with E-state index in [0.717, 1.165) is 4.90 Å². The van der Waals surface area contributed by atoms with Crippen LogP contribution in [0.3, 0.4) is 0 Å². The average Bonchev–Trinajstić information content (AvgIpc) is 2.67. The average molecular weight is 352 g/mol. The molecule has 1 heterocycles. The highest BCUT2D eigenvalue weighted by Crippen LogP contribution is 2.34. The Morgan fingerprint density at radius 2 is 1.85 bits per heavy atom. The van der Waals surface area contributed by atoms with Crippen LogP contribution in [0, 0.1) is 0 Å². The molecule has 0 saturated carbocycles. The molecule has 0 unspecified atom stereocenters. The summed E-state index contributed by atoms with van der Waals surface area (Å²) in [6.45, 7) is 0. The molecule has 1 aliphatic heterocycles. The monoisotopic (exact) mass is 350 g/mol. The van der Waals surface area contributed by atoms with Crippen LogP contribution in [-0.4, -0.2) is 11.8 Å². The van der Waals surface area contributed by atoms with Crippen molar-refractivity contribution in [1.82, 2.24) is 0 Å². The van der Waals surface area contributed by atoms with Crippen LogP contribution < -0.4 is 10.6 Å². The molecule has 2 aromatic carbocycles. The van der Waals surface area contributed by atoms with Gasteiger partial charge in [-0.3, -0.25) is 9.59 Å². The number of imide groups is 1. The Labute approximate surface area is 128 Å². The maximum absolute atomic E-state index is 12.4. The van der Waals surface area contributed by atoms with Gasteiger partial charge in [-0.2, -0.15) is 0 Å². The molecule has 4 nitrogen and oxygen atoms in total.